The molecule has 3 amide bonds. The van der Waals surface area contributed by atoms with Crippen LogP contribution < -0.4 is 25.5 Å². The first-order chi connectivity index (χ1) is 19.0. The van der Waals surface area contributed by atoms with E-state index in [1.807, 2.05) is 24.3 Å². The summed E-state index contributed by atoms with van der Waals surface area (Å²) in [4.78, 5) is 36.6. The molecule has 0 fully saturated rings. The molecular weight excluding hydrogens is 623 g/mol. The zero-order valence-corrected chi connectivity index (χ0v) is 25.0. The Morgan fingerprint density at radius 3 is 2.30 bits per heavy atom. The van der Waals surface area contributed by atoms with E-state index in [-0.39, 0.29) is 18.9 Å². The van der Waals surface area contributed by atoms with Crippen LogP contribution in [0.1, 0.15) is 36.5 Å². The Morgan fingerprint density at radius 2 is 1.68 bits per heavy atom. The summed E-state index contributed by atoms with van der Waals surface area (Å²) in [7, 11) is 1.44. The molecule has 0 aromatic heterocycles. The van der Waals surface area contributed by atoms with Gasteiger partial charge >= 0.3 is 11.8 Å². The number of benzene rings is 3. The molecule has 3 aromatic rings. The van der Waals surface area contributed by atoms with Crippen LogP contribution in [0.5, 0.6) is 11.5 Å². The number of methoxy groups -OCH3 is 1. The molecule has 0 atom stereocenters. The lowest BCUT2D eigenvalue weighted by molar-refractivity contribution is -0.139. The third kappa shape index (κ3) is 9.25. The third-order valence-corrected chi connectivity index (χ3v) is 6.46. The number of hydrogen-bond acceptors (Lipinski definition) is 6. The number of nitrogens with one attached hydrogen (secondary N) is 3. The summed E-state index contributed by atoms with van der Waals surface area (Å²) < 4.78 is 11.5. The largest absolute Gasteiger partial charge is 0.493 e. The summed E-state index contributed by atoms with van der Waals surface area (Å²) in [6.45, 7) is 4.09. The van der Waals surface area contributed by atoms with Gasteiger partial charge in [-0.3, -0.25) is 14.4 Å². The van der Waals surface area contributed by atoms with Crippen LogP contribution >= 0.6 is 39.1 Å². The molecule has 3 N–H and O–H groups in total. The number of anilines is 1. The van der Waals surface area contributed by atoms with Gasteiger partial charge in [0.25, 0.3) is 5.91 Å². The number of carbonyl (C=O) groups excluding carboxylic acids is 3. The van der Waals surface area contributed by atoms with Gasteiger partial charge in [-0.1, -0.05) is 61.3 Å². The number of hydrazone groups is 1. The van der Waals surface area contributed by atoms with Gasteiger partial charge < -0.3 is 20.1 Å². The third-order valence-electron chi connectivity index (χ3n) is 5.43. The maximum absolute atomic E-state index is 12.3. The number of amides is 3. The second-order valence-electron chi connectivity index (χ2n) is 8.81. The van der Waals surface area contributed by atoms with E-state index in [2.05, 4.69) is 50.9 Å². The average molecular weight is 650 g/mol. The van der Waals surface area contributed by atoms with Crippen molar-refractivity contribution in [2.24, 2.45) is 5.10 Å². The van der Waals surface area contributed by atoms with Crippen LogP contribution in [-0.2, 0) is 20.9 Å². The van der Waals surface area contributed by atoms with E-state index in [1.54, 1.807) is 30.3 Å². The predicted octanol–water partition coefficient (Wildman–Crippen LogP) is 5.67. The summed E-state index contributed by atoms with van der Waals surface area (Å²) in [5, 5.41) is 9.82. The second-order valence-corrected chi connectivity index (χ2v) is 10.5. The van der Waals surface area contributed by atoms with Crippen LogP contribution in [0.15, 0.2) is 64.2 Å². The summed E-state index contributed by atoms with van der Waals surface area (Å²) in [5.41, 5.74) is 5.22. The maximum Gasteiger partial charge on any atom is 0.329 e. The molecule has 0 unspecified atom stereocenters. The van der Waals surface area contributed by atoms with Crippen molar-refractivity contribution >= 4 is 68.8 Å². The standard InChI is InChI=1S/C28H27BrCl2N4O5/c1-16(2)19-6-4-17(5-7-19)13-32-27(37)28(38)35-33-14-18-8-23(29)26(24(9-18)39-3)40-15-25(36)34-22-11-20(30)10-21(31)12-22/h4-12,14,16H,13,15H2,1-3H3,(H,32,37)(H,34,36)(H,35,38)/b33-14-. The molecule has 40 heavy (non-hydrogen) atoms. The smallest absolute Gasteiger partial charge is 0.329 e. The Bertz CT molecular complexity index is 1390. The Hall–Kier alpha value is -3.60. The van der Waals surface area contributed by atoms with E-state index >= 15 is 0 Å². The van der Waals surface area contributed by atoms with Crippen molar-refractivity contribution in [1.29, 1.82) is 0 Å². The lowest BCUT2D eigenvalue weighted by Gasteiger charge is -2.13. The summed E-state index contributed by atoms with van der Waals surface area (Å²) in [6, 6.07) is 15.7. The quantitative estimate of drug-likeness (QED) is 0.149. The highest BCUT2D eigenvalue weighted by atomic mass is 79.9. The molecule has 0 aliphatic heterocycles. The fraction of sp³-hybridized carbons (Fsp3) is 0.214. The van der Waals surface area contributed by atoms with E-state index in [9.17, 15) is 14.4 Å². The van der Waals surface area contributed by atoms with Crippen molar-refractivity contribution in [2.75, 3.05) is 19.0 Å². The fourth-order valence-electron chi connectivity index (χ4n) is 3.41. The van der Waals surface area contributed by atoms with Crippen LogP contribution in [0.4, 0.5) is 5.69 Å². The molecule has 0 bridgehead atoms. The normalized spacial score (nSPS) is 10.9. The van der Waals surface area contributed by atoms with Crippen LogP contribution in [0.25, 0.3) is 0 Å². The van der Waals surface area contributed by atoms with Crippen LogP contribution in [0.3, 0.4) is 0 Å². The first-order valence-corrected chi connectivity index (χ1v) is 13.6. The number of carbonyl (C=O) groups is 3. The molecule has 0 radical (unpaired) electrons. The molecule has 0 saturated heterocycles. The van der Waals surface area contributed by atoms with Gasteiger partial charge in [0.15, 0.2) is 18.1 Å². The van der Waals surface area contributed by atoms with Gasteiger partial charge in [0.1, 0.15) is 0 Å². The van der Waals surface area contributed by atoms with Gasteiger partial charge in [-0.2, -0.15) is 5.10 Å². The number of ether oxygens (including phenoxy) is 2. The van der Waals surface area contributed by atoms with Crippen molar-refractivity contribution < 1.29 is 23.9 Å². The molecule has 0 aliphatic rings. The number of hydrogen-bond donors (Lipinski definition) is 3. The number of halogens is 3. The Morgan fingerprint density at radius 1 is 1.00 bits per heavy atom. The average Bonchev–Trinajstić information content (AvgIpc) is 2.90. The molecule has 210 valence electrons. The summed E-state index contributed by atoms with van der Waals surface area (Å²) >= 11 is 15.3. The minimum Gasteiger partial charge on any atom is -0.493 e. The number of nitrogens with zero attached hydrogens (tertiary/aromatic N) is 1. The predicted molar refractivity (Wildman–Crippen MR) is 159 cm³/mol. The van der Waals surface area contributed by atoms with E-state index in [0.717, 1.165) is 5.56 Å². The first-order valence-electron chi connectivity index (χ1n) is 12.0. The Labute approximate surface area is 250 Å². The molecule has 3 aromatic carbocycles. The number of rotatable bonds is 10. The molecule has 0 spiro atoms. The Kier molecular flexibility index (Phi) is 11.4. The van der Waals surface area contributed by atoms with Crippen molar-refractivity contribution in [1.82, 2.24) is 10.7 Å². The molecule has 0 aliphatic carbocycles. The topological polar surface area (TPSA) is 118 Å². The molecule has 0 heterocycles. The molecule has 0 saturated carbocycles. The van der Waals surface area contributed by atoms with Gasteiger partial charge in [0.2, 0.25) is 0 Å². The van der Waals surface area contributed by atoms with E-state index in [4.69, 9.17) is 32.7 Å². The maximum atomic E-state index is 12.3. The zero-order valence-electron chi connectivity index (χ0n) is 21.9. The highest BCUT2D eigenvalue weighted by Crippen LogP contribution is 2.36. The first kappa shape index (κ1) is 30.9. The van der Waals surface area contributed by atoms with Gasteiger partial charge in [-0.05, 0) is 68.9 Å². The highest BCUT2D eigenvalue weighted by molar-refractivity contribution is 9.10. The van der Waals surface area contributed by atoms with Gasteiger partial charge in [-0.25, -0.2) is 5.43 Å². The van der Waals surface area contributed by atoms with Crippen LogP contribution in [0, 0.1) is 0 Å². The van der Waals surface area contributed by atoms with Crippen molar-refractivity contribution in [2.45, 2.75) is 26.3 Å². The fourth-order valence-corrected chi connectivity index (χ4v) is 4.51. The minimum absolute atomic E-state index is 0.213. The summed E-state index contributed by atoms with van der Waals surface area (Å²) in [5.74, 6) is -1.17. The van der Waals surface area contributed by atoms with Crippen molar-refractivity contribution in [3.63, 3.8) is 0 Å². The van der Waals surface area contributed by atoms with Crippen LogP contribution in [0.2, 0.25) is 10.0 Å². The monoisotopic (exact) mass is 648 g/mol. The second kappa shape index (κ2) is 14.7. The van der Waals surface area contributed by atoms with Crippen molar-refractivity contribution in [3.8, 4) is 11.5 Å². The SMILES string of the molecule is COc1cc(/C=N\NC(=O)C(=O)NCc2ccc(C(C)C)cc2)cc(Br)c1OCC(=O)Nc1cc(Cl)cc(Cl)c1. The van der Waals surface area contributed by atoms with Gasteiger partial charge in [-0.15, -0.1) is 0 Å². The Balaban J connectivity index is 1.53. The van der Waals surface area contributed by atoms with Crippen LogP contribution in [-0.4, -0.2) is 37.7 Å². The van der Waals surface area contributed by atoms with E-state index in [0.29, 0.717) is 37.4 Å². The summed E-state index contributed by atoms with van der Waals surface area (Å²) in [6.07, 6.45) is 1.34. The van der Waals surface area contributed by atoms with Crippen molar-refractivity contribution in [3.05, 3.63) is 85.8 Å². The lowest BCUT2D eigenvalue weighted by atomic mass is 10.0. The highest BCUT2D eigenvalue weighted by Gasteiger charge is 2.15. The minimum atomic E-state index is -0.909. The van der Waals surface area contributed by atoms with Gasteiger partial charge in [0, 0.05) is 22.3 Å². The van der Waals surface area contributed by atoms with E-state index < -0.39 is 17.7 Å². The van der Waals surface area contributed by atoms with E-state index in [1.165, 1.54) is 18.9 Å². The lowest BCUT2D eigenvalue weighted by Crippen LogP contribution is -2.37. The molecule has 9 nitrogen and oxygen atoms in total. The van der Waals surface area contributed by atoms with Gasteiger partial charge in [0.05, 0.1) is 17.8 Å². The zero-order chi connectivity index (χ0) is 29.2. The molecule has 12 heteroatoms. The molecular formula is C28H27BrCl2N4O5. The molecule has 3 rings (SSSR count).